The fourth-order valence-electron chi connectivity index (χ4n) is 3.60. The number of unbranched alkanes of at least 4 members (excludes halogenated alkanes) is 5. The molecule has 1 fully saturated rings. The van der Waals surface area contributed by atoms with Crippen LogP contribution in [0.5, 0.6) is 5.75 Å². The number of non-ortho nitro benzene ring substituents is 1. The number of urea groups is 1. The number of carbonyl (C=O) groups excluding carboxylic acids is 3. The van der Waals surface area contributed by atoms with Gasteiger partial charge in [0.15, 0.2) is 0 Å². The standard InChI is InChI=1S/C25H26ClN3O6/c1-2-3-4-5-6-7-14-35-22-13-8-18(26)15-17(22)16-21-23(30)27-25(32)28(24(21)31)19-9-11-20(12-10-19)29(33)34/h8-13,15-16H,2-7,14H2,1H3,(H,27,30,32)/b21-16-. The molecule has 1 aliphatic heterocycles. The number of amides is 4. The zero-order valence-corrected chi connectivity index (χ0v) is 20.0. The summed E-state index contributed by atoms with van der Waals surface area (Å²) in [5.74, 6) is -1.27. The van der Waals surface area contributed by atoms with Crippen LogP contribution in [0.15, 0.2) is 48.0 Å². The van der Waals surface area contributed by atoms with Gasteiger partial charge < -0.3 is 4.74 Å². The largest absolute Gasteiger partial charge is 0.493 e. The van der Waals surface area contributed by atoms with Gasteiger partial charge in [0.2, 0.25) is 0 Å². The minimum Gasteiger partial charge on any atom is -0.493 e. The van der Waals surface area contributed by atoms with Crippen molar-refractivity contribution < 1.29 is 24.0 Å². The van der Waals surface area contributed by atoms with E-state index in [1.807, 2.05) is 0 Å². The van der Waals surface area contributed by atoms with E-state index in [1.54, 1.807) is 18.2 Å². The predicted molar refractivity (Wildman–Crippen MR) is 132 cm³/mol. The molecule has 0 aliphatic carbocycles. The van der Waals surface area contributed by atoms with Crippen molar-refractivity contribution in [1.29, 1.82) is 0 Å². The Bertz CT molecular complexity index is 1150. The van der Waals surface area contributed by atoms with Gasteiger partial charge >= 0.3 is 6.03 Å². The van der Waals surface area contributed by atoms with Crippen LogP contribution < -0.4 is 15.0 Å². The third-order valence-electron chi connectivity index (χ3n) is 5.45. The highest BCUT2D eigenvalue weighted by molar-refractivity contribution is 6.39. The summed E-state index contributed by atoms with van der Waals surface area (Å²) in [6.45, 7) is 2.63. The van der Waals surface area contributed by atoms with Gasteiger partial charge in [0.25, 0.3) is 17.5 Å². The third kappa shape index (κ3) is 6.66. The number of nitrogens with one attached hydrogen (secondary N) is 1. The molecule has 35 heavy (non-hydrogen) atoms. The van der Waals surface area contributed by atoms with Crippen molar-refractivity contribution in [3.63, 3.8) is 0 Å². The van der Waals surface area contributed by atoms with Crippen LogP contribution in [0.1, 0.15) is 51.0 Å². The van der Waals surface area contributed by atoms with E-state index in [-0.39, 0.29) is 16.9 Å². The molecule has 0 bridgehead atoms. The molecule has 0 saturated carbocycles. The van der Waals surface area contributed by atoms with Crippen LogP contribution >= 0.6 is 11.6 Å². The summed E-state index contributed by atoms with van der Waals surface area (Å²) < 4.78 is 5.89. The highest BCUT2D eigenvalue weighted by atomic mass is 35.5. The summed E-state index contributed by atoms with van der Waals surface area (Å²) in [6, 6.07) is 8.79. The van der Waals surface area contributed by atoms with Gasteiger partial charge in [0, 0.05) is 22.7 Å². The number of carbonyl (C=O) groups is 3. The summed E-state index contributed by atoms with van der Waals surface area (Å²) in [6.07, 6.45) is 7.95. The molecule has 4 amide bonds. The van der Waals surface area contributed by atoms with E-state index in [0.717, 1.165) is 24.2 Å². The highest BCUT2D eigenvalue weighted by Crippen LogP contribution is 2.29. The van der Waals surface area contributed by atoms with Gasteiger partial charge in [0.05, 0.1) is 17.2 Å². The van der Waals surface area contributed by atoms with Crippen molar-refractivity contribution in [2.45, 2.75) is 45.4 Å². The quantitative estimate of drug-likeness (QED) is 0.140. The number of imide groups is 2. The first-order valence-electron chi connectivity index (χ1n) is 11.4. The summed E-state index contributed by atoms with van der Waals surface area (Å²) in [4.78, 5) is 49.1. The maximum Gasteiger partial charge on any atom is 0.335 e. The topological polar surface area (TPSA) is 119 Å². The fourth-order valence-corrected chi connectivity index (χ4v) is 3.78. The number of nitro benzene ring substituents is 1. The molecule has 184 valence electrons. The van der Waals surface area contributed by atoms with Crippen molar-refractivity contribution >= 4 is 46.9 Å². The Balaban J connectivity index is 1.81. The second kappa shape index (κ2) is 12.1. The van der Waals surface area contributed by atoms with Crippen LogP contribution in [0.2, 0.25) is 5.02 Å². The summed E-state index contributed by atoms with van der Waals surface area (Å²) in [5.41, 5.74) is 0.00768. The number of halogens is 1. The minimum atomic E-state index is -0.948. The highest BCUT2D eigenvalue weighted by Gasteiger charge is 2.37. The zero-order valence-electron chi connectivity index (χ0n) is 19.3. The number of ether oxygens (including phenoxy) is 1. The Kier molecular flexibility index (Phi) is 8.97. The minimum absolute atomic E-state index is 0.0853. The molecule has 1 N–H and O–H groups in total. The van der Waals surface area contributed by atoms with E-state index >= 15 is 0 Å². The van der Waals surface area contributed by atoms with Crippen molar-refractivity contribution in [3.05, 3.63) is 68.7 Å². The maximum absolute atomic E-state index is 13.1. The molecule has 3 rings (SSSR count). The molecule has 0 unspecified atom stereocenters. The first-order valence-corrected chi connectivity index (χ1v) is 11.8. The van der Waals surface area contributed by atoms with Gasteiger partial charge in [-0.1, -0.05) is 50.6 Å². The second-order valence-electron chi connectivity index (χ2n) is 8.03. The number of nitro groups is 1. The van der Waals surface area contributed by atoms with Gasteiger partial charge in [-0.2, -0.15) is 0 Å². The number of rotatable bonds is 11. The van der Waals surface area contributed by atoms with E-state index < -0.39 is 22.8 Å². The van der Waals surface area contributed by atoms with Gasteiger partial charge in [0.1, 0.15) is 11.3 Å². The molecule has 10 heteroatoms. The van der Waals surface area contributed by atoms with Gasteiger partial charge in [-0.05, 0) is 42.8 Å². The SMILES string of the molecule is CCCCCCCCOc1ccc(Cl)cc1/C=C1/C(=O)NC(=O)N(c2ccc([N+](=O)[O-])cc2)C1=O. The molecule has 0 aromatic heterocycles. The van der Waals surface area contributed by atoms with Gasteiger partial charge in [-0.15, -0.1) is 0 Å². The van der Waals surface area contributed by atoms with Crippen LogP contribution in [0.25, 0.3) is 6.08 Å². The molecule has 1 aliphatic rings. The van der Waals surface area contributed by atoms with Gasteiger partial charge in [-0.25, -0.2) is 9.69 Å². The molecule has 0 radical (unpaired) electrons. The van der Waals surface area contributed by atoms with E-state index in [4.69, 9.17) is 16.3 Å². The first kappa shape index (κ1) is 25.9. The van der Waals surface area contributed by atoms with Crippen molar-refractivity contribution in [2.24, 2.45) is 0 Å². The lowest BCUT2D eigenvalue weighted by molar-refractivity contribution is -0.384. The third-order valence-corrected chi connectivity index (χ3v) is 5.68. The summed E-state index contributed by atoms with van der Waals surface area (Å²) in [7, 11) is 0. The lowest BCUT2D eigenvalue weighted by Crippen LogP contribution is -2.54. The van der Waals surface area contributed by atoms with Crippen LogP contribution in [-0.2, 0) is 9.59 Å². The number of barbiturate groups is 1. The number of nitrogens with zero attached hydrogens (tertiary/aromatic N) is 2. The first-order chi connectivity index (χ1) is 16.8. The smallest absolute Gasteiger partial charge is 0.335 e. The Morgan fingerprint density at radius 1 is 1.03 bits per heavy atom. The Morgan fingerprint density at radius 2 is 1.71 bits per heavy atom. The molecular formula is C25H26ClN3O6. The van der Waals surface area contributed by atoms with Crippen molar-refractivity contribution in [2.75, 3.05) is 11.5 Å². The van der Waals surface area contributed by atoms with Crippen LogP contribution in [-0.4, -0.2) is 29.4 Å². The van der Waals surface area contributed by atoms with Gasteiger partial charge in [-0.3, -0.25) is 25.0 Å². The van der Waals surface area contributed by atoms with E-state index in [9.17, 15) is 24.5 Å². The Labute approximate surface area is 207 Å². The molecule has 9 nitrogen and oxygen atoms in total. The van der Waals surface area contributed by atoms with E-state index in [1.165, 1.54) is 49.6 Å². The number of anilines is 1. The Morgan fingerprint density at radius 3 is 2.40 bits per heavy atom. The average molecular weight is 500 g/mol. The average Bonchev–Trinajstić information content (AvgIpc) is 2.82. The predicted octanol–water partition coefficient (Wildman–Crippen LogP) is 5.65. The normalized spacial score (nSPS) is 14.9. The molecule has 2 aromatic carbocycles. The van der Waals surface area contributed by atoms with E-state index in [0.29, 0.717) is 22.9 Å². The van der Waals surface area contributed by atoms with Crippen LogP contribution in [0.4, 0.5) is 16.2 Å². The van der Waals surface area contributed by atoms with E-state index in [2.05, 4.69) is 12.2 Å². The maximum atomic E-state index is 13.1. The summed E-state index contributed by atoms with van der Waals surface area (Å²) in [5, 5.41) is 13.4. The molecule has 2 aromatic rings. The molecule has 0 spiro atoms. The second-order valence-corrected chi connectivity index (χ2v) is 8.47. The molecule has 1 heterocycles. The number of benzene rings is 2. The Hall–Kier alpha value is -3.72. The monoisotopic (exact) mass is 499 g/mol. The summed E-state index contributed by atoms with van der Waals surface area (Å²) >= 11 is 6.14. The number of hydrogen-bond acceptors (Lipinski definition) is 6. The van der Waals surface area contributed by atoms with Crippen LogP contribution in [0, 0.1) is 10.1 Å². The number of hydrogen-bond donors (Lipinski definition) is 1. The lowest BCUT2D eigenvalue weighted by Gasteiger charge is -2.26. The van der Waals surface area contributed by atoms with Crippen LogP contribution in [0.3, 0.4) is 0 Å². The molecule has 1 saturated heterocycles. The van der Waals surface area contributed by atoms with Crippen molar-refractivity contribution in [1.82, 2.24) is 5.32 Å². The van der Waals surface area contributed by atoms with Crippen molar-refractivity contribution in [3.8, 4) is 5.75 Å². The zero-order chi connectivity index (χ0) is 25.4. The molecular weight excluding hydrogens is 474 g/mol. The fraction of sp³-hybridized carbons (Fsp3) is 0.320. The molecule has 0 atom stereocenters. The lowest BCUT2D eigenvalue weighted by atomic mass is 10.1.